The lowest BCUT2D eigenvalue weighted by atomic mass is 9.85. The Morgan fingerprint density at radius 1 is 0.960 bits per heavy atom. The molecule has 0 bridgehead atoms. The number of carbonyl (C=O) groups excluding carboxylic acids is 3. The predicted octanol–water partition coefficient (Wildman–Crippen LogP) is 5.25. The van der Waals surface area contributed by atoms with Crippen LogP contribution in [0.1, 0.15) is 83.4 Å². The summed E-state index contributed by atoms with van der Waals surface area (Å²) in [6.07, 6.45) is 5.02. The van der Waals surface area contributed by atoms with Gasteiger partial charge in [-0.15, -0.1) is 22.9 Å². The number of rotatable bonds is 23. The fourth-order valence-corrected chi connectivity index (χ4v) is 6.70. The molecule has 0 unspecified atom stereocenters. The number of nitrogens with zero attached hydrogens (tertiary/aromatic N) is 2. The third-order valence-electron chi connectivity index (χ3n) is 8.57. The van der Waals surface area contributed by atoms with Gasteiger partial charge in [0.15, 0.2) is 0 Å². The second kappa shape index (κ2) is 22.4. The Hall–Kier alpha value is -2.61. The largest absolute Gasteiger partial charge is 0.391 e. The standard InChI is InChI=1S/C37H57ClN4O7S/c1-27-33(50-26-40-27)29-14-12-28(13-15-29)24-39-35(45)31-23-30(43)25-42(31)36(46)34(37(2,3)4)41-32(44)11-7-5-9-17-47-19-21-49-22-20-48-18-10-6-8-16-38/h12-15,26,30-31,34,43H,5-11,16-25H2,1-4H3,(H,39,45)(H,41,44)/t30-,31+,34-/m1/s1. The maximum atomic E-state index is 13.8. The summed E-state index contributed by atoms with van der Waals surface area (Å²) in [7, 11) is 0. The number of aromatic nitrogens is 1. The van der Waals surface area contributed by atoms with E-state index >= 15 is 0 Å². The van der Waals surface area contributed by atoms with Crippen molar-refractivity contribution in [2.24, 2.45) is 5.41 Å². The van der Waals surface area contributed by atoms with E-state index in [2.05, 4.69) is 15.6 Å². The minimum atomic E-state index is -0.844. The Morgan fingerprint density at radius 3 is 2.16 bits per heavy atom. The number of nitrogens with one attached hydrogen (secondary N) is 2. The number of likely N-dealkylation sites (tertiary alicyclic amines) is 1. The van der Waals surface area contributed by atoms with Crippen LogP contribution >= 0.6 is 22.9 Å². The molecule has 0 saturated carbocycles. The van der Waals surface area contributed by atoms with Crippen molar-refractivity contribution in [3.8, 4) is 10.4 Å². The van der Waals surface area contributed by atoms with Crippen molar-refractivity contribution in [2.45, 2.75) is 104 Å². The van der Waals surface area contributed by atoms with Gasteiger partial charge < -0.3 is 34.9 Å². The number of hydrogen-bond acceptors (Lipinski definition) is 9. The molecule has 2 heterocycles. The third-order valence-corrected chi connectivity index (χ3v) is 9.82. The second-order valence-electron chi connectivity index (χ2n) is 13.8. The molecule has 1 aromatic carbocycles. The number of thiazole rings is 1. The van der Waals surface area contributed by atoms with Crippen LogP contribution in [0.25, 0.3) is 10.4 Å². The summed E-state index contributed by atoms with van der Waals surface area (Å²) in [5.41, 5.74) is 4.18. The molecule has 1 fully saturated rings. The van der Waals surface area contributed by atoms with Crippen LogP contribution in [-0.2, 0) is 35.1 Å². The van der Waals surface area contributed by atoms with Gasteiger partial charge in [-0.3, -0.25) is 14.4 Å². The maximum absolute atomic E-state index is 13.8. The highest BCUT2D eigenvalue weighted by atomic mass is 35.5. The van der Waals surface area contributed by atoms with E-state index in [1.807, 2.05) is 57.5 Å². The predicted molar refractivity (Wildman–Crippen MR) is 197 cm³/mol. The first kappa shape index (κ1) is 41.8. The van der Waals surface area contributed by atoms with Crippen LogP contribution in [0, 0.1) is 12.3 Å². The highest BCUT2D eigenvalue weighted by Crippen LogP contribution is 2.28. The molecule has 280 valence electrons. The lowest BCUT2D eigenvalue weighted by Gasteiger charge is -2.35. The van der Waals surface area contributed by atoms with Crippen molar-refractivity contribution in [2.75, 3.05) is 52.1 Å². The Morgan fingerprint density at radius 2 is 1.58 bits per heavy atom. The number of β-amino-alcohol motifs (C(OH)–C–C–N with tert-alkyl or cyclic N) is 1. The van der Waals surface area contributed by atoms with E-state index in [0.717, 1.165) is 60.4 Å². The molecule has 13 heteroatoms. The van der Waals surface area contributed by atoms with Gasteiger partial charge in [0.05, 0.1) is 48.6 Å². The quantitative estimate of drug-likeness (QED) is 0.104. The molecule has 0 aliphatic carbocycles. The number of benzene rings is 1. The average molecular weight is 737 g/mol. The number of halogens is 1. The minimum Gasteiger partial charge on any atom is -0.391 e. The molecular formula is C37H57ClN4O7S. The molecule has 50 heavy (non-hydrogen) atoms. The van der Waals surface area contributed by atoms with Crippen molar-refractivity contribution in [1.82, 2.24) is 20.5 Å². The van der Waals surface area contributed by atoms with Gasteiger partial charge in [-0.2, -0.15) is 0 Å². The summed E-state index contributed by atoms with van der Waals surface area (Å²) in [6, 6.07) is 6.26. The molecule has 1 aromatic heterocycles. The highest BCUT2D eigenvalue weighted by molar-refractivity contribution is 7.13. The van der Waals surface area contributed by atoms with Gasteiger partial charge in [-0.05, 0) is 55.6 Å². The number of alkyl halides is 1. The number of carbonyl (C=O) groups is 3. The first-order valence-electron chi connectivity index (χ1n) is 17.9. The Bertz CT molecular complexity index is 1300. The smallest absolute Gasteiger partial charge is 0.246 e. The van der Waals surface area contributed by atoms with Crippen molar-refractivity contribution in [3.63, 3.8) is 0 Å². The SMILES string of the molecule is Cc1ncsc1-c1ccc(CNC(=O)[C@@H]2C[C@@H](O)CN2C(=O)[C@@H](NC(=O)CCCCCOCCOCCOCCCCCCl)C(C)(C)C)cc1. The van der Waals surface area contributed by atoms with E-state index in [1.165, 1.54) is 4.90 Å². The Kier molecular flexibility index (Phi) is 18.7. The van der Waals surface area contributed by atoms with Crippen LogP contribution < -0.4 is 10.6 Å². The molecule has 1 saturated heterocycles. The van der Waals surface area contributed by atoms with Gasteiger partial charge in [0.25, 0.3) is 0 Å². The first-order chi connectivity index (χ1) is 24.0. The van der Waals surface area contributed by atoms with E-state index in [-0.39, 0.29) is 37.1 Å². The summed E-state index contributed by atoms with van der Waals surface area (Å²) in [5.74, 6) is -0.214. The van der Waals surface area contributed by atoms with Crippen LogP contribution in [0.3, 0.4) is 0 Å². The molecule has 3 atom stereocenters. The Labute approximate surface area is 306 Å². The molecule has 1 aliphatic heterocycles. The molecule has 0 spiro atoms. The van der Waals surface area contributed by atoms with Crippen molar-refractivity contribution >= 4 is 40.7 Å². The van der Waals surface area contributed by atoms with E-state index in [9.17, 15) is 19.5 Å². The number of unbranched alkanes of at least 4 members (excludes halogenated alkanes) is 4. The lowest BCUT2D eigenvalue weighted by molar-refractivity contribution is -0.144. The zero-order valence-electron chi connectivity index (χ0n) is 30.2. The number of aliphatic hydroxyl groups excluding tert-OH is 1. The number of ether oxygens (including phenoxy) is 3. The fourth-order valence-electron chi connectivity index (χ4n) is 5.70. The number of aryl methyl sites for hydroxylation is 1. The molecule has 3 N–H and O–H groups in total. The molecule has 3 rings (SSSR count). The van der Waals surface area contributed by atoms with E-state index in [4.69, 9.17) is 25.8 Å². The molecule has 0 radical (unpaired) electrons. The monoisotopic (exact) mass is 736 g/mol. The summed E-state index contributed by atoms with van der Waals surface area (Å²) in [6.45, 7) is 11.4. The van der Waals surface area contributed by atoms with Crippen LogP contribution in [0.4, 0.5) is 0 Å². The number of aliphatic hydroxyl groups is 1. The maximum Gasteiger partial charge on any atom is 0.246 e. The third kappa shape index (κ3) is 14.6. The summed E-state index contributed by atoms with van der Waals surface area (Å²) in [5, 5.41) is 16.3. The number of amides is 3. The fraction of sp³-hybridized carbons (Fsp3) is 0.676. The van der Waals surface area contributed by atoms with Gasteiger partial charge in [0.1, 0.15) is 12.1 Å². The van der Waals surface area contributed by atoms with E-state index in [0.29, 0.717) is 51.9 Å². The van der Waals surface area contributed by atoms with Crippen molar-refractivity contribution < 1.29 is 33.7 Å². The minimum absolute atomic E-state index is 0.0382. The topological polar surface area (TPSA) is 139 Å². The van der Waals surface area contributed by atoms with Gasteiger partial charge >= 0.3 is 0 Å². The second-order valence-corrected chi connectivity index (χ2v) is 15.1. The van der Waals surface area contributed by atoms with Crippen LogP contribution in [0.5, 0.6) is 0 Å². The molecule has 11 nitrogen and oxygen atoms in total. The first-order valence-corrected chi connectivity index (χ1v) is 19.3. The zero-order chi connectivity index (χ0) is 36.4. The van der Waals surface area contributed by atoms with Crippen LogP contribution in [0.2, 0.25) is 0 Å². The van der Waals surface area contributed by atoms with Crippen molar-refractivity contribution in [1.29, 1.82) is 0 Å². The normalized spacial score (nSPS) is 16.8. The lowest BCUT2D eigenvalue weighted by Crippen LogP contribution is -2.57. The van der Waals surface area contributed by atoms with Crippen LogP contribution in [-0.4, -0.2) is 103 Å². The molecular weight excluding hydrogens is 680 g/mol. The molecule has 1 aliphatic rings. The summed E-state index contributed by atoms with van der Waals surface area (Å²) in [4.78, 5) is 46.9. The molecule has 2 aromatic rings. The number of hydrogen-bond donors (Lipinski definition) is 3. The van der Waals surface area contributed by atoms with Gasteiger partial charge in [0.2, 0.25) is 17.7 Å². The summed E-state index contributed by atoms with van der Waals surface area (Å²) < 4.78 is 16.7. The highest BCUT2D eigenvalue weighted by Gasteiger charge is 2.44. The van der Waals surface area contributed by atoms with E-state index < -0.39 is 23.6 Å². The van der Waals surface area contributed by atoms with E-state index in [1.54, 1.807) is 11.3 Å². The van der Waals surface area contributed by atoms with Gasteiger partial charge in [-0.1, -0.05) is 51.5 Å². The van der Waals surface area contributed by atoms with Crippen LogP contribution in [0.15, 0.2) is 29.8 Å². The van der Waals surface area contributed by atoms with Gasteiger partial charge in [-0.25, -0.2) is 4.98 Å². The Balaban J connectivity index is 1.36. The van der Waals surface area contributed by atoms with Gasteiger partial charge in [0, 0.05) is 45.0 Å². The molecule has 3 amide bonds. The summed E-state index contributed by atoms with van der Waals surface area (Å²) >= 11 is 7.25. The average Bonchev–Trinajstić information content (AvgIpc) is 3.70. The zero-order valence-corrected chi connectivity index (χ0v) is 31.8. The van der Waals surface area contributed by atoms with Crippen molar-refractivity contribution in [3.05, 3.63) is 41.0 Å².